The molecular weight excluding hydrogens is 414 g/mol. The fraction of sp³-hybridized carbons (Fsp3) is 0. The molecule has 0 aromatic heterocycles. The predicted molar refractivity (Wildman–Crippen MR) is 9.19 cm³/mol. The van der Waals surface area contributed by atoms with E-state index in [0.717, 1.165) is 0 Å². The number of hydrogen-bond acceptors (Lipinski definition) is 0. The first-order valence-corrected chi connectivity index (χ1v) is 0. The van der Waals surface area contributed by atoms with E-state index < -0.39 is 0 Å². The maximum atomic E-state index is 0. The van der Waals surface area contributed by atoms with Crippen LogP contribution in [0, 0.1) is 35.6 Å². The summed E-state index contributed by atoms with van der Waals surface area (Å²) in [6.07, 6.45) is 0. The van der Waals surface area contributed by atoms with Crippen LogP contribution >= 0.6 is 0 Å². The Morgan fingerprint density at radius 2 is 0.556 bits per heavy atom. The molecule has 0 amide bonds. The topological polar surface area (TPSA) is 142 Å². The van der Waals surface area contributed by atoms with Gasteiger partial charge in [0.05, 0.1) is 0 Å². The summed E-state index contributed by atoms with van der Waals surface area (Å²) in [5, 5.41) is 0. The van der Waals surface area contributed by atoms with Crippen molar-refractivity contribution < 1.29 is 97.4 Å². The number of rotatable bonds is 0. The van der Waals surface area contributed by atoms with Crippen molar-refractivity contribution in [3.05, 3.63) is 0 Å². The van der Waals surface area contributed by atoms with Crippen LogP contribution in [0.3, 0.4) is 0 Å². The van der Waals surface area contributed by atoms with Crippen molar-refractivity contribution in [2.75, 3.05) is 0 Å². The number of hydrogen-bond donors (Lipinski definition) is 0. The summed E-state index contributed by atoms with van der Waals surface area (Å²) in [6, 6.07) is 0. The van der Waals surface area contributed by atoms with Crippen LogP contribution in [0.2, 0.25) is 0 Å². The summed E-state index contributed by atoms with van der Waals surface area (Å²) in [6.45, 7) is 0. The van der Waals surface area contributed by atoms with Crippen LogP contribution in [0.1, 0.15) is 0 Å². The zero-order valence-corrected chi connectivity index (χ0v) is 13.6. The Balaban J connectivity index is 0. The molecule has 9 heavy (non-hydrogen) atoms. The van der Waals surface area contributed by atoms with Gasteiger partial charge >= 0.3 is 116 Å². The second-order valence-corrected chi connectivity index (χ2v) is 0. The molecule has 0 bridgehead atoms. The molecule has 0 aliphatic carbocycles. The molecule has 0 aliphatic rings. The van der Waals surface area contributed by atoms with Crippen LogP contribution in [0.15, 0.2) is 0 Å². The molecule has 0 fully saturated rings. The molecule has 0 unspecified atom stereocenters. The second kappa shape index (κ2) is 103. The van der Waals surface area contributed by atoms with Crippen LogP contribution < -0.4 is 0 Å². The normalized spacial score (nSPS) is 0. The summed E-state index contributed by atoms with van der Waals surface area (Å²) >= 11 is 0. The van der Waals surface area contributed by atoms with E-state index in [-0.39, 0.29) is 143 Å². The van der Waals surface area contributed by atoms with E-state index in [9.17, 15) is 0 Å². The van der Waals surface area contributed by atoms with Crippen LogP contribution in [-0.4, -0.2) is 45.5 Å². The SMILES string of the molecule is [Cr+3].[Fe+2].[La+3].[O-2].[O-2].[O-2].[O-2].[O-2].[Sr+2]. The van der Waals surface area contributed by atoms with Gasteiger partial charge in [-0.3, -0.25) is 0 Å². The second-order valence-electron chi connectivity index (χ2n) is 0. The van der Waals surface area contributed by atoms with E-state index >= 15 is 0 Å². The minimum Gasteiger partial charge on any atom is -2.00 e. The first-order valence-electron chi connectivity index (χ1n) is 0. The van der Waals surface area contributed by atoms with Gasteiger partial charge in [-0.05, 0) is 0 Å². The molecule has 0 N–H and O–H groups in total. The van der Waals surface area contributed by atoms with Gasteiger partial charge in [-0.1, -0.05) is 0 Å². The maximum Gasteiger partial charge on any atom is 3.00 e. The van der Waals surface area contributed by atoms with Gasteiger partial charge in [-0.15, -0.1) is 0 Å². The van der Waals surface area contributed by atoms with Crippen molar-refractivity contribution in [2.45, 2.75) is 0 Å². The summed E-state index contributed by atoms with van der Waals surface area (Å²) in [5.41, 5.74) is 0. The molecule has 1 radical (unpaired) electrons. The summed E-state index contributed by atoms with van der Waals surface area (Å²) < 4.78 is 0. The van der Waals surface area contributed by atoms with E-state index in [2.05, 4.69) is 0 Å². The smallest absolute Gasteiger partial charge is 2.00 e. The molecule has 0 aromatic carbocycles. The fourth-order valence-electron chi connectivity index (χ4n) is 0. The van der Waals surface area contributed by atoms with E-state index in [1.165, 1.54) is 0 Å². The Labute approximate surface area is 140 Å². The Bertz CT molecular complexity index is 16.9. The Kier molecular flexibility index (Phi) is 1530. The third-order valence-corrected chi connectivity index (χ3v) is 0. The average Bonchev–Trinajstić information content (AvgIpc) is 0. The van der Waals surface area contributed by atoms with Gasteiger partial charge in [-0.25, -0.2) is 0 Å². The fourth-order valence-corrected chi connectivity index (χ4v) is 0. The molecule has 9 heteroatoms. The van der Waals surface area contributed by atoms with Gasteiger partial charge in [0, 0.05) is 0 Å². The summed E-state index contributed by atoms with van der Waals surface area (Å²) in [4.78, 5) is 0. The van der Waals surface area contributed by atoms with Crippen LogP contribution in [0.25, 0.3) is 0 Å². The summed E-state index contributed by atoms with van der Waals surface area (Å²) in [7, 11) is 0. The van der Waals surface area contributed by atoms with Gasteiger partial charge < -0.3 is 27.4 Å². The quantitative estimate of drug-likeness (QED) is 0.449. The molecule has 0 rings (SSSR count). The van der Waals surface area contributed by atoms with Gasteiger partial charge in [0.25, 0.3) is 0 Å². The van der Waals surface area contributed by atoms with Gasteiger partial charge in [0.2, 0.25) is 0 Å². The molecule has 0 saturated carbocycles. The molecule has 0 spiro atoms. The first kappa shape index (κ1) is 134. The van der Waals surface area contributed by atoms with Crippen molar-refractivity contribution in [3.8, 4) is 0 Å². The zero-order valence-electron chi connectivity index (χ0n) is 4.09. The van der Waals surface area contributed by atoms with Gasteiger partial charge in [0.1, 0.15) is 0 Å². The largest absolute Gasteiger partial charge is 3.00 e. The van der Waals surface area contributed by atoms with Gasteiger partial charge in [-0.2, -0.15) is 0 Å². The summed E-state index contributed by atoms with van der Waals surface area (Å²) in [5.74, 6) is 0. The molecule has 0 atom stereocenters. The Hall–Kier alpha value is 3.53. The predicted octanol–water partition coefficient (Wildman–Crippen LogP) is -0.980. The Morgan fingerprint density at radius 3 is 0.556 bits per heavy atom. The molecular formula is CrFeLaO5Sr. The third kappa shape index (κ3) is 84.1. The zero-order chi connectivity index (χ0) is 0. The molecule has 5 nitrogen and oxygen atoms in total. The maximum absolute atomic E-state index is 0. The van der Waals surface area contributed by atoms with Crippen molar-refractivity contribution in [3.63, 3.8) is 0 Å². The molecule has 0 aromatic rings. The Morgan fingerprint density at radius 1 is 0.556 bits per heavy atom. The minimum atomic E-state index is 0. The van der Waals surface area contributed by atoms with Gasteiger partial charge in [0.15, 0.2) is 0 Å². The van der Waals surface area contributed by atoms with Crippen molar-refractivity contribution in [2.24, 2.45) is 0 Å². The van der Waals surface area contributed by atoms with E-state index in [0.29, 0.717) is 0 Å². The van der Waals surface area contributed by atoms with Crippen molar-refractivity contribution in [1.29, 1.82) is 0 Å². The minimum absolute atomic E-state index is 0. The molecule has 0 heterocycles. The molecule has 0 aliphatic heterocycles. The molecule has 0 saturated heterocycles. The van der Waals surface area contributed by atoms with E-state index in [4.69, 9.17) is 0 Å². The van der Waals surface area contributed by atoms with E-state index in [1.54, 1.807) is 0 Å². The van der Waals surface area contributed by atoms with E-state index in [1.807, 2.05) is 0 Å². The molecule has 49 valence electrons. The van der Waals surface area contributed by atoms with Crippen LogP contribution in [0.5, 0.6) is 0 Å². The van der Waals surface area contributed by atoms with Crippen LogP contribution in [-0.2, 0) is 61.8 Å². The van der Waals surface area contributed by atoms with Crippen molar-refractivity contribution >= 4 is 45.5 Å². The average molecular weight is 414 g/mol. The first-order chi connectivity index (χ1) is 0. The van der Waals surface area contributed by atoms with Crippen molar-refractivity contribution in [1.82, 2.24) is 0 Å². The van der Waals surface area contributed by atoms with Crippen LogP contribution in [0.4, 0.5) is 0 Å². The standard InChI is InChI=1S/Cr.Fe.La.5O.Sr/q+3;+2;+3;5*-2;+2. The monoisotopic (exact) mass is 415 g/mol. The third-order valence-electron chi connectivity index (χ3n) is 0.